The number of rotatable bonds is 6. The second-order valence-corrected chi connectivity index (χ2v) is 5.31. The summed E-state index contributed by atoms with van der Waals surface area (Å²) in [5, 5.41) is 29.9. The van der Waals surface area contributed by atoms with Crippen LogP contribution in [0.5, 0.6) is 0 Å². The number of benzene rings is 1. The van der Waals surface area contributed by atoms with Gasteiger partial charge in [-0.15, -0.1) is 0 Å². The van der Waals surface area contributed by atoms with E-state index in [1.54, 1.807) is 6.92 Å². The highest BCUT2D eigenvalue weighted by molar-refractivity contribution is 5.27. The molecule has 0 amide bonds. The van der Waals surface area contributed by atoms with Crippen LogP contribution >= 0.6 is 0 Å². The second kappa shape index (κ2) is 6.85. The Balaban J connectivity index is 2.06. The third-order valence-corrected chi connectivity index (χ3v) is 3.61. The van der Waals surface area contributed by atoms with Gasteiger partial charge in [-0.1, -0.05) is 31.2 Å². The van der Waals surface area contributed by atoms with E-state index in [1.807, 2.05) is 44.2 Å². The van der Waals surface area contributed by atoms with Crippen molar-refractivity contribution in [3.8, 4) is 0 Å². The molecule has 0 aliphatic carbocycles. The van der Waals surface area contributed by atoms with Crippen LogP contribution in [0.15, 0.2) is 30.3 Å². The van der Waals surface area contributed by atoms with Crippen molar-refractivity contribution < 1.29 is 10.2 Å². The lowest BCUT2D eigenvalue weighted by molar-refractivity contribution is 0.121. The van der Waals surface area contributed by atoms with Gasteiger partial charge in [0.2, 0.25) is 0 Å². The molecule has 1 heterocycles. The maximum atomic E-state index is 10.2. The van der Waals surface area contributed by atoms with E-state index in [4.69, 9.17) is 0 Å². The molecule has 5 heteroatoms. The fourth-order valence-corrected chi connectivity index (χ4v) is 2.21. The summed E-state index contributed by atoms with van der Waals surface area (Å²) in [5.41, 5.74) is 3.46. The number of aryl methyl sites for hydroxylation is 1. The van der Waals surface area contributed by atoms with Gasteiger partial charge in [-0.05, 0) is 37.5 Å². The lowest BCUT2D eigenvalue weighted by atomic mass is 10.0. The minimum absolute atomic E-state index is 0.0551. The Labute approximate surface area is 125 Å². The number of nitrogens with one attached hydrogen (secondary N) is 2. The fourth-order valence-electron chi connectivity index (χ4n) is 2.21. The summed E-state index contributed by atoms with van der Waals surface area (Å²) in [6.45, 7) is 5.74. The summed E-state index contributed by atoms with van der Waals surface area (Å²) in [6.07, 6.45) is -0.474. The minimum Gasteiger partial charge on any atom is -0.389 e. The molecule has 0 radical (unpaired) electrons. The molecule has 1 aromatic heterocycles. The predicted molar refractivity (Wildman–Crippen MR) is 81.6 cm³/mol. The molecule has 2 rings (SSSR count). The van der Waals surface area contributed by atoms with Gasteiger partial charge in [0.15, 0.2) is 0 Å². The number of H-pyrrole nitrogens is 1. The Bertz CT molecular complexity index is 580. The third kappa shape index (κ3) is 3.91. The number of hydrogen-bond donors (Lipinski definition) is 4. The fraction of sp³-hybridized carbons (Fsp3) is 0.438. The molecule has 1 aromatic carbocycles. The van der Waals surface area contributed by atoms with Crippen LogP contribution in [-0.2, 0) is 6.42 Å². The van der Waals surface area contributed by atoms with Crippen LogP contribution in [0.2, 0.25) is 0 Å². The van der Waals surface area contributed by atoms with Crippen molar-refractivity contribution in [2.45, 2.75) is 45.6 Å². The van der Waals surface area contributed by atoms with Gasteiger partial charge in [0.25, 0.3) is 0 Å². The summed E-state index contributed by atoms with van der Waals surface area (Å²) in [4.78, 5) is 0. The molecular weight excluding hydrogens is 266 g/mol. The average Bonchev–Trinajstić information content (AvgIpc) is 2.96. The highest BCUT2D eigenvalue weighted by Gasteiger charge is 2.15. The molecular formula is C16H23N3O2. The Hall–Kier alpha value is -1.69. The number of nitrogens with zero attached hydrogens (tertiary/aromatic N) is 1. The van der Waals surface area contributed by atoms with Crippen molar-refractivity contribution >= 4 is 0 Å². The van der Waals surface area contributed by atoms with E-state index in [1.165, 1.54) is 0 Å². The van der Waals surface area contributed by atoms with Gasteiger partial charge in [0.05, 0.1) is 6.10 Å². The highest BCUT2D eigenvalue weighted by Crippen LogP contribution is 2.21. The standard InChI is InChI=1S/C16H23N3O2/c1-4-14-9-15(19-18-14)16(21)17-10(2)12-6-5-7-13(8-12)11(3)20/h5-11,16-17,20-21H,4H2,1-3H3,(H,18,19). The topological polar surface area (TPSA) is 81.2 Å². The van der Waals surface area contributed by atoms with Crippen molar-refractivity contribution in [2.75, 3.05) is 0 Å². The first kappa shape index (κ1) is 15.7. The Morgan fingerprint density at radius 3 is 2.52 bits per heavy atom. The molecule has 0 aliphatic rings. The molecule has 5 nitrogen and oxygen atoms in total. The number of aromatic nitrogens is 2. The van der Waals surface area contributed by atoms with Crippen molar-refractivity contribution in [3.63, 3.8) is 0 Å². The summed E-state index contributed by atoms with van der Waals surface area (Å²) < 4.78 is 0. The van der Waals surface area contributed by atoms with Crippen LogP contribution in [0.1, 0.15) is 61.7 Å². The van der Waals surface area contributed by atoms with E-state index in [0.29, 0.717) is 5.69 Å². The van der Waals surface area contributed by atoms with E-state index < -0.39 is 12.3 Å². The van der Waals surface area contributed by atoms with Gasteiger partial charge >= 0.3 is 0 Å². The van der Waals surface area contributed by atoms with E-state index >= 15 is 0 Å². The van der Waals surface area contributed by atoms with Crippen molar-refractivity contribution in [1.82, 2.24) is 15.5 Å². The number of hydrogen-bond acceptors (Lipinski definition) is 4. The van der Waals surface area contributed by atoms with Crippen LogP contribution < -0.4 is 5.32 Å². The van der Waals surface area contributed by atoms with Gasteiger partial charge in [-0.25, -0.2) is 0 Å². The normalized spacial score (nSPS) is 15.7. The van der Waals surface area contributed by atoms with Gasteiger partial charge in [-0.3, -0.25) is 10.4 Å². The Morgan fingerprint density at radius 1 is 1.19 bits per heavy atom. The van der Waals surface area contributed by atoms with Crippen LogP contribution in [0.25, 0.3) is 0 Å². The molecule has 3 atom stereocenters. The summed E-state index contributed by atoms with van der Waals surface area (Å²) in [6, 6.07) is 9.51. The van der Waals surface area contributed by atoms with Gasteiger partial charge in [0, 0.05) is 11.7 Å². The van der Waals surface area contributed by atoms with E-state index in [0.717, 1.165) is 23.2 Å². The average molecular weight is 289 g/mol. The van der Waals surface area contributed by atoms with E-state index in [-0.39, 0.29) is 6.04 Å². The number of aliphatic hydroxyl groups excluding tert-OH is 2. The zero-order chi connectivity index (χ0) is 15.4. The smallest absolute Gasteiger partial charge is 0.150 e. The lowest BCUT2D eigenvalue weighted by Crippen LogP contribution is -2.24. The largest absolute Gasteiger partial charge is 0.389 e. The molecule has 0 bridgehead atoms. The first-order chi connectivity index (χ1) is 10.0. The number of aromatic amines is 1. The molecule has 0 aliphatic heterocycles. The maximum Gasteiger partial charge on any atom is 0.150 e. The van der Waals surface area contributed by atoms with E-state index in [9.17, 15) is 10.2 Å². The lowest BCUT2D eigenvalue weighted by Gasteiger charge is -2.19. The monoisotopic (exact) mass is 289 g/mol. The van der Waals surface area contributed by atoms with Crippen LogP contribution in [0.3, 0.4) is 0 Å². The molecule has 0 spiro atoms. The van der Waals surface area contributed by atoms with E-state index in [2.05, 4.69) is 15.5 Å². The zero-order valence-electron chi connectivity index (χ0n) is 12.7. The summed E-state index contributed by atoms with van der Waals surface area (Å²) in [7, 11) is 0. The molecule has 0 saturated carbocycles. The molecule has 0 fully saturated rings. The molecule has 4 N–H and O–H groups in total. The third-order valence-electron chi connectivity index (χ3n) is 3.61. The Morgan fingerprint density at radius 2 is 1.90 bits per heavy atom. The molecule has 114 valence electrons. The molecule has 3 unspecified atom stereocenters. The van der Waals surface area contributed by atoms with Crippen molar-refractivity contribution in [2.24, 2.45) is 0 Å². The first-order valence-corrected chi connectivity index (χ1v) is 7.27. The van der Waals surface area contributed by atoms with Crippen LogP contribution in [0.4, 0.5) is 0 Å². The Kier molecular flexibility index (Phi) is 5.12. The summed E-state index contributed by atoms with van der Waals surface area (Å²) >= 11 is 0. The predicted octanol–water partition coefficient (Wildman–Crippen LogP) is 2.37. The SMILES string of the molecule is CCc1cc(C(O)NC(C)c2cccc(C(C)O)c2)n[nH]1. The van der Waals surface area contributed by atoms with Crippen molar-refractivity contribution in [1.29, 1.82) is 0 Å². The first-order valence-electron chi connectivity index (χ1n) is 7.27. The van der Waals surface area contributed by atoms with Crippen LogP contribution in [0, 0.1) is 0 Å². The zero-order valence-corrected chi connectivity index (χ0v) is 12.7. The minimum atomic E-state index is -0.827. The summed E-state index contributed by atoms with van der Waals surface area (Å²) in [5.74, 6) is 0. The molecule has 21 heavy (non-hydrogen) atoms. The highest BCUT2D eigenvalue weighted by atomic mass is 16.3. The second-order valence-electron chi connectivity index (χ2n) is 5.31. The molecule has 2 aromatic rings. The molecule has 0 saturated heterocycles. The van der Waals surface area contributed by atoms with Gasteiger partial charge in [0.1, 0.15) is 11.9 Å². The van der Waals surface area contributed by atoms with Crippen LogP contribution in [-0.4, -0.2) is 20.4 Å². The maximum absolute atomic E-state index is 10.2. The quantitative estimate of drug-likeness (QED) is 0.615. The van der Waals surface area contributed by atoms with Gasteiger partial charge < -0.3 is 10.2 Å². The van der Waals surface area contributed by atoms with Crippen molar-refractivity contribution in [3.05, 3.63) is 52.8 Å². The number of aliphatic hydroxyl groups is 2. The van der Waals surface area contributed by atoms with Gasteiger partial charge in [-0.2, -0.15) is 5.10 Å².